The van der Waals surface area contributed by atoms with E-state index in [2.05, 4.69) is 4.99 Å². The first-order chi connectivity index (χ1) is 7.11. The maximum atomic E-state index is 11.7. The molecule has 3 nitrogen and oxygen atoms in total. The second kappa shape index (κ2) is 3.83. The number of amides is 1. The number of rotatable bonds is 0. The first-order valence-corrected chi connectivity index (χ1v) is 5.17. The maximum Gasteiger partial charge on any atom is 0.266 e. The number of halogens is 2. The Kier molecular flexibility index (Phi) is 2.67. The molecule has 0 aliphatic carbocycles. The molecule has 1 aromatic carbocycles. The van der Waals surface area contributed by atoms with Crippen molar-refractivity contribution in [1.82, 2.24) is 0 Å². The molecule has 0 radical (unpaired) electrons. The van der Waals surface area contributed by atoms with E-state index in [0.29, 0.717) is 0 Å². The number of para-hydroxylation sites is 1. The number of alkyl halides is 1. The number of benzene rings is 1. The standard InChI is InChI=1S/C10H8Cl2N2O/c1-14-7-5-3-2-4-6(7)8(11)13-9(12)10(14)15/h2-5,9H,1H3. The van der Waals surface area contributed by atoms with Crippen LogP contribution in [0.4, 0.5) is 5.69 Å². The molecule has 0 saturated carbocycles. The number of likely N-dealkylation sites (N-methyl/N-ethyl adjacent to an activating group) is 1. The predicted octanol–water partition coefficient (Wildman–Crippen LogP) is 2.21. The molecule has 1 aliphatic heterocycles. The van der Waals surface area contributed by atoms with Crippen LogP contribution < -0.4 is 4.90 Å². The van der Waals surface area contributed by atoms with Gasteiger partial charge in [-0.15, -0.1) is 0 Å². The van der Waals surface area contributed by atoms with Gasteiger partial charge in [0.05, 0.1) is 5.69 Å². The van der Waals surface area contributed by atoms with Crippen LogP contribution in [0.5, 0.6) is 0 Å². The van der Waals surface area contributed by atoms with Crippen LogP contribution in [0, 0.1) is 0 Å². The number of aliphatic imine (C=N–C) groups is 1. The molecule has 1 heterocycles. The number of hydrogen-bond donors (Lipinski definition) is 0. The first kappa shape index (κ1) is 10.5. The van der Waals surface area contributed by atoms with Crippen LogP contribution in [0.15, 0.2) is 29.3 Å². The molecule has 1 aliphatic rings. The van der Waals surface area contributed by atoms with Crippen molar-refractivity contribution in [2.24, 2.45) is 4.99 Å². The molecule has 0 N–H and O–H groups in total. The van der Waals surface area contributed by atoms with Gasteiger partial charge in [-0.3, -0.25) is 4.79 Å². The Balaban J connectivity index is 2.63. The van der Waals surface area contributed by atoms with Gasteiger partial charge in [-0.1, -0.05) is 35.3 Å². The van der Waals surface area contributed by atoms with E-state index in [4.69, 9.17) is 23.2 Å². The van der Waals surface area contributed by atoms with E-state index < -0.39 is 5.50 Å². The lowest BCUT2D eigenvalue weighted by Crippen LogP contribution is -2.31. The number of carbonyl (C=O) groups is 1. The summed E-state index contributed by atoms with van der Waals surface area (Å²) in [5.74, 6) is -0.278. The Morgan fingerprint density at radius 1 is 1.40 bits per heavy atom. The van der Waals surface area contributed by atoms with Gasteiger partial charge in [0.2, 0.25) is 5.50 Å². The van der Waals surface area contributed by atoms with E-state index in [1.54, 1.807) is 19.2 Å². The van der Waals surface area contributed by atoms with Gasteiger partial charge in [0.25, 0.3) is 5.91 Å². The largest absolute Gasteiger partial charge is 0.312 e. The van der Waals surface area contributed by atoms with E-state index in [0.717, 1.165) is 11.3 Å². The molecule has 0 aromatic heterocycles. The van der Waals surface area contributed by atoms with Gasteiger partial charge in [0, 0.05) is 12.6 Å². The van der Waals surface area contributed by atoms with Crippen molar-refractivity contribution in [1.29, 1.82) is 0 Å². The number of nitrogens with zero attached hydrogens (tertiary/aromatic N) is 2. The summed E-state index contributed by atoms with van der Waals surface area (Å²) in [6.45, 7) is 0. The molecule has 2 rings (SSSR count). The van der Waals surface area contributed by atoms with Crippen molar-refractivity contribution in [3.05, 3.63) is 29.8 Å². The summed E-state index contributed by atoms with van der Waals surface area (Å²) in [6.07, 6.45) is 0. The lowest BCUT2D eigenvalue weighted by Gasteiger charge is -2.17. The van der Waals surface area contributed by atoms with Crippen molar-refractivity contribution in [3.63, 3.8) is 0 Å². The van der Waals surface area contributed by atoms with Crippen LogP contribution in [0.3, 0.4) is 0 Å². The van der Waals surface area contributed by atoms with Crippen LogP contribution >= 0.6 is 23.2 Å². The monoisotopic (exact) mass is 242 g/mol. The van der Waals surface area contributed by atoms with E-state index in [-0.39, 0.29) is 11.1 Å². The average Bonchev–Trinajstić information content (AvgIpc) is 2.33. The van der Waals surface area contributed by atoms with Crippen molar-refractivity contribution in [2.45, 2.75) is 5.50 Å². The Bertz CT molecular complexity index is 445. The molecule has 78 valence electrons. The summed E-state index contributed by atoms with van der Waals surface area (Å²) in [5, 5.41) is 0.267. The van der Waals surface area contributed by atoms with Gasteiger partial charge >= 0.3 is 0 Å². The lowest BCUT2D eigenvalue weighted by molar-refractivity contribution is -0.117. The highest BCUT2D eigenvalue weighted by molar-refractivity contribution is 6.70. The van der Waals surface area contributed by atoms with Crippen LogP contribution in [-0.4, -0.2) is 23.6 Å². The zero-order valence-corrected chi connectivity index (χ0v) is 9.46. The van der Waals surface area contributed by atoms with E-state index >= 15 is 0 Å². The highest BCUT2D eigenvalue weighted by Gasteiger charge is 2.26. The van der Waals surface area contributed by atoms with Gasteiger partial charge in [-0.2, -0.15) is 0 Å². The maximum absolute atomic E-state index is 11.7. The molecule has 1 unspecified atom stereocenters. The molecule has 0 spiro atoms. The van der Waals surface area contributed by atoms with Gasteiger partial charge < -0.3 is 4.90 Å². The average molecular weight is 243 g/mol. The Morgan fingerprint density at radius 3 is 2.80 bits per heavy atom. The molecule has 5 heteroatoms. The molecule has 1 atom stereocenters. The van der Waals surface area contributed by atoms with Crippen LogP contribution in [0.25, 0.3) is 0 Å². The summed E-state index contributed by atoms with van der Waals surface area (Å²) in [6, 6.07) is 7.28. The molecular formula is C10H8Cl2N2O. The molecule has 1 amide bonds. The molecule has 15 heavy (non-hydrogen) atoms. The molecule has 0 fully saturated rings. The van der Waals surface area contributed by atoms with E-state index in [1.807, 2.05) is 12.1 Å². The zero-order chi connectivity index (χ0) is 11.0. The Hall–Kier alpha value is -1.06. The number of carbonyl (C=O) groups excluding carboxylic acids is 1. The third kappa shape index (κ3) is 1.73. The summed E-state index contributed by atoms with van der Waals surface area (Å²) in [7, 11) is 1.65. The van der Waals surface area contributed by atoms with Gasteiger partial charge in [-0.25, -0.2) is 4.99 Å². The Labute approximate surface area is 97.3 Å². The van der Waals surface area contributed by atoms with Crippen LogP contribution in [0.2, 0.25) is 0 Å². The molecule has 0 saturated heterocycles. The minimum absolute atomic E-state index is 0.267. The quantitative estimate of drug-likeness (QED) is 0.508. The fourth-order valence-corrected chi connectivity index (χ4v) is 1.99. The van der Waals surface area contributed by atoms with Crippen LogP contribution in [-0.2, 0) is 4.79 Å². The summed E-state index contributed by atoms with van der Waals surface area (Å²) in [5.41, 5.74) is 0.493. The minimum atomic E-state index is -0.949. The minimum Gasteiger partial charge on any atom is -0.312 e. The predicted molar refractivity (Wildman–Crippen MR) is 61.9 cm³/mol. The van der Waals surface area contributed by atoms with Crippen molar-refractivity contribution in [2.75, 3.05) is 11.9 Å². The number of hydrogen-bond acceptors (Lipinski definition) is 2. The van der Waals surface area contributed by atoms with Gasteiger partial charge in [-0.05, 0) is 12.1 Å². The number of anilines is 1. The highest BCUT2D eigenvalue weighted by Crippen LogP contribution is 2.26. The summed E-state index contributed by atoms with van der Waals surface area (Å²) < 4.78 is 0. The van der Waals surface area contributed by atoms with E-state index in [9.17, 15) is 4.79 Å². The van der Waals surface area contributed by atoms with Crippen molar-refractivity contribution < 1.29 is 4.79 Å². The zero-order valence-electron chi connectivity index (χ0n) is 7.95. The lowest BCUT2D eigenvalue weighted by atomic mass is 10.2. The van der Waals surface area contributed by atoms with Crippen molar-refractivity contribution in [3.8, 4) is 0 Å². The SMILES string of the molecule is CN1C(=O)C(Cl)N=C(Cl)c2ccccc21. The normalized spacial score (nSPS) is 20.7. The van der Waals surface area contributed by atoms with Gasteiger partial charge in [0.1, 0.15) is 5.17 Å². The van der Waals surface area contributed by atoms with Crippen molar-refractivity contribution >= 4 is 40.0 Å². The molecule has 1 aromatic rings. The molecule has 0 bridgehead atoms. The third-order valence-electron chi connectivity index (χ3n) is 2.25. The number of benzodiazepines with no additional fused rings is 1. The smallest absolute Gasteiger partial charge is 0.266 e. The van der Waals surface area contributed by atoms with E-state index in [1.165, 1.54) is 4.90 Å². The number of fused-ring (bicyclic) bond motifs is 1. The highest BCUT2D eigenvalue weighted by atomic mass is 35.5. The summed E-state index contributed by atoms with van der Waals surface area (Å²) in [4.78, 5) is 17.1. The fourth-order valence-electron chi connectivity index (χ4n) is 1.44. The first-order valence-electron chi connectivity index (χ1n) is 4.35. The topological polar surface area (TPSA) is 32.7 Å². The molecular weight excluding hydrogens is 235 g/mol. The second-order valence-electron chi connectivity index (χ2n) is 3.17. The van der Waals surface area contributed by atoms with Crippen LogP contribution in [0.1, 0.15) is 5.56 Å². The third-order valence-corrected chi connectivity index (χ3v) is 2.83. The summed E-state index contributed by atoms with van der Waals surface area (Å²) >= 11 is 11.8. The fraction of sp³-hybridized carbons (Fsp3) is 0.200. The Morgan fingerprint density at radius 2 is 2.07 bits per heavy atom. The second-order valence-corrected chi connectivity index (χ2v) is 3.94. The van der Waals surface area contributed by atoms with Gasteiger partial charge in [0.15, 0.2) is 0 Å².